The monoisotopic (exact) mass is 362 g/mol. The smallest absolute Gasteiger partial charge is 0.383 e. The molecule has 0 radical (unpaired) electrons. The lowest BCUT2D eigenvalue weighted by atomic mass is 9.96. The Balaban J connectivity index is 1.98. The average molecular weight is 362 g/mol. The standard InChI is InChI=1S/C13H20N3O7P/c1-4-13-6-21-8(9(13)23-24(18,19)20-3)11(22-13)16-5-7(2)10(14)15-12(16)17/h5,8-9,11H,4,6H2,1-3H3,(H,18,19)(H2,14,15,17)/p+1/t8-,9?,11+,13?/m0/s1. The van der Waals surface area contributed by atoms with E-state index < -0.39 is 37.5 Å². The van der Waals surface area contributed by atoms with Gasteiger partial charge in [0.05, 0.1) is 6.61 Å². The van der Waals surface area contributed by atoms with E-state index in [4.69, 9.17) is 19.7 Å². The van der Waals surface area contributed by atoms with Crippen molar-refractivity contribution in [3.05, 3.63) is 22.2 Å². The zero-order valence-electron chi connectivity index (χ0n) is 13.6. The fraction of sp³-hybridized carbons (Fsp3) is 0.692. The molecule has 4 N–H and O–H groups in total. The highest BCUT2D eigenvalue weighted by atomic mass is 31.2. The Labute approximate surface area is 138 Å². The van der Waals surface area contributed by atoms with Crippen molar-refractivity contribution in [1.29, 1.82) is 0 Å². The van der Waals surface area contributed by atoms with Crippen molar-refractivity contribution in [3.8, 4) is 0 Å². The van der Waals surface area contributed by atoms with Crippen molar-refractivity contribution >= 4 is 13.6 Å². The number of nitrogens with zero attached hydrogens (tertiary/aromatic N) is 2. The number of aliphatic hydroxyl groups is 1. The van der Waals surface area contributed by atoms with E-state index in [-0.39, 0.29) is 12.4 Å². The first-order valence-electron chi connectivity index (χ1n) is 7.50. The van der Waals surface area contributed by atoms with E-state index in [1.54, 1.807) is 6.92 Å². The SMILES string of the molecule is CCC12CO[C@@H](C1OP(=O)(O)[OH+]C)[C@H](n1cc(C)c(N)nc1=O)O2. The third-order valence-electron chi connectivity index (χ3n) is 4.52. The fourth-order valence-electron chi connectivity index (χ4n) is 3.06. The van der Waals surface area contributed by atoms with Crippen molar-refractivity contribution < 1.29 is 28.0 Å². The number of rotatable bonds is 5. The number of aryl methyl sites for hydroxylation is 1. The van der Waals surface area contributed by atoms with Gasteiger partial charge in [-0.25, -0.2) is 9.32 Å². The van der Waals surface area contributed by atoms with E-state index in [1.165, 1.54) is 17.9 Å². The van der Waals surface area contributed by atoms with Gasteiger partial charge in [-0.15, -0.1) is 0 Å². The minimum Gasteiger partial charge on any atom is -0.383 e. The van der Waals surface area contributed by atoms with Crippen LogP contribution in [0.5, 0.6) is 0 Å². The Bertz CT molecular complexity index is 754. The van der Waals surface area contributed by atoms with E-state index in [2.05, 4.69) is 9.51 Å². The molecule has 2 saturated heterocycles. The summed E-state index contributed by atoms with van der Waals surface area (Å²) in [6.45, 7) is 3.77. The largest absolute Gasteiger partial charge is 0.632 e. The van der Waals surface area contributed by atoms with Gasteiger partial charge in [-0.3, -0.25) is 9.46 Å². The van der Waals surface area contributed by atoms with E-state index in [0.29, 0.717) is 12.0 Å². The van der Waals surface area contributed by atoms with Gasteiger partial charge in [-0.1, -0.05) is 6.92 Å². The predicted octanol–water partition coefficient (Wildman–Crippen LogP) is -0.146. The molecule has 0 amide bonds. The van der Waals surface area contributed by atoms with Gasteiger partial charge in [0.1, 0.15) is 30.7 Å². The molecule has 1 aromatic heterocycles. The van der Waals surface area contributed by atoms with Crippen LogP contribution in [0.3, 0.4) is 0 Å². The maximum Gasteiger partial charge on any atom is 0.632 e. The van der Waals surface area contributed by atoms with Crippen LogP contribution in [0.1, 0.15) is 25.1 Å². The fourth-order valence-corrected chi connectivity index (χ4v) is 3.76. The molecular weight excluding hydrogens is 341 g/mol. The molecule has 5 atom stereocenters. The Morgan fingerprint density at radius 2 is 2.38 bits per heavy atom. The molecule has 2 bridgehead atoms. The van der Waals surface area contributed by atoms with E-state index in [1.807, 2.05) is 6.92 Å². The second-order valence-corrected chi connectivity index (χ2v) is 7.51. The highest BCUT2D eigenvalue weighted by molar-refractivity contribution is 7.46. The van der Waals surface area contributed by atoms with Crippen LogP contribution in [-0.4, -0.2) is 50.5 Å². The molecule has 2 fully saturated rings. The van der Waals surface area contributed by atoms with Gasteiger partial charge < -0.3 is 19.7 Å². The number of aromatic nitrogens is 2. The summed E-state index contributed by atoms with van der Waals surface area (Å²) in [7, 11) is -2.92. The Morgan fingerprint density at radius 3 is 3.00 bits per heavy atom. The van der Waals surface area contributed by atoms with Crippen LogP contribution in [0.4, 0.5) is 5.82 Å². The second-order valence-electron chi connectivity index (χ2n) is 5.92. The highest BCUT2D eigenvalue weighted by Crippen LogP contribution is 2.54. The number of nitrogens with two attached hydrogens (primary N) is 1. The molecule has 3 rings (SSSR count). The van der Waals surface area contributed by atoms with Gasteiger partial charge in [-0.05, 0) is 13.3 Å². The molecule has 0 spiro atoms. The molecule has 2 aliphatic rings. The molecule has 24 heavy (non-hydrogen) atoms. The maximum absolute atomic E-state index is 12.2. The van der Waals surface area contributed by atoms with Crippen molar-refractivity contribution in [3.63, 3.8) is 0 Å². The molecule has 0 aromatic carbocycles. The zero-order valence-corrected chi connectivity index (χ0v) is 14.5. The number of hydrogen-bond acceptors (Lipinski definition) is 7. The maximum atomic E-state index is 12.2. The third-order valence-corrected chi connectivity index (χ3v) is 5.53. The third kappa shape index (κ3) is 2.69. The normalized spacial score (nSPS) is 34.4. The Morgan fingerprint density at radius 1 is 1.67 bits per heavy atom. The number of fused-ring (bicyclic) bond motifs is 2. The van der Waals surface area contributed by atoms with Crippen LogP contribution in [0.25, 0.3) is 0 Å². The molecule has 1 aromatic rings. The van der Waals surface area contributed by atoms with Crippen LogP contribution < -0.4 is 11.4 Å². The number of anilines is 1. The van der Waals surface area contributed by atoms with Gasteiger partial charge in [0.25, 0.3) is 0 Å². The quantitative estimate of drug-likeness (QED) is 0.545. The average Bonchev–Trinajstić information content (AvgIpc) is 3.03. The lowest BCUT2D eigenvalue weighted by Crippen LogP contribution is -2.41. The summed E-state index contributed by atoms with van der Waals surface area (Å²) in [6, 6.07) is 0. The summed E-state index contributed by atoms with van der Waals surface area (Å²) in [5.41, 5.74) is 4.74. The molecule has 11 heteroatoms. The second kappa shape index (κ2) is 5.91. The van der Waals surface area contributed by atoms with Crippen molar-refractivity contribution in [2.75, 3.05) is 19.5 Å². The number of nitrogen functional groups attached to an aromatic ring is 1. The van der Waals surface area contributed by atoms with Crippen LogP contribution in [0.2, 0.25) is 0 Å². The van der Waals surface area contributed by atoms with Gasteiger partial charge >= 0.3 is 13.5 Å². The first kappa shape index (κ1) is 17.5. The molecule has 3 heterocycles. The lowest BCUT2D eigenvalue weighted by molar-refractivity contribution is -0.175. The first-order valence-corrected chi connectivity index (χ1v) is 9.03. The first-order chi connectivity index (χ1) is 11.2. The molecule has 2 aliphatic heterocycles. The summed E-state index contributed by atoms with van der Waals surface area (Å²) >= 11 is 0. The highest BCUT2D eigenvalue weighted by Gasteiger charge is 2.64. The topological polar surface area (TPSA) is 139 Å². The molecule has 0 aliphatic carbocycles. The molecule has 0 saturated carbocycles. The van der Waals surface area contributed by atoms with Crippen LogP contribution in [0.15, 0.2) is 11.0 Å². The summed E-state index contributed by atoms with van der Waals surface area (Å²) in [4.78, 5) is 25.6. The van der Waals surface area contributed by atoms with Crippen LogP contribution in [-0.2, 0) is 18.6 Å². The van der Waals surface area contributed by atoms with Gasteiger partial charge in [0.15, 0.2) is 6.23 Å². The molecule has 10 nitrogen and oxygen atoms in total. The van der Waals surface area contributed by atoms with E-state index in [0.717, 1.165) is 0 Å². The van der Waals surface area contributed by atoms with Gasteiger partial charge in [0, 0.05) is 11.8 Å². The van der Waals surface area contributed by atoms with E-state index >= 15 is 0 Å². The van der Waals surface area contributed by atoms with Crippen molar-refractivity contribution in [2.24, 2.45) is 0 Å². The predicted molar refractivity (Wildman–Crippen MR) is 83.4 cm³/mol. The molecular formula is C13H21N3O7P+. The molecule has 134 valence electrons. The zero-order chi connectivity index (χ0) is 17.7. The Hall–Kier alpha value is -1.29. The lowest BCUT2D eigenvalue weighted by Gasteiger charge is -2.30. The summed E-state index contributed by atoms with van der Waals surface area (Å²) in [5.74, 6) is 0.142. The minimum absolute atomic E-state index is 0.142. The van der Waals surface area contributed by atoms with E-state index in [9.17, 15) is 14.3 Å². The Kier molecular flexibility index (Phi) is 4.31. The van der Waals surface area contributed by atoms with Crippen molar-refractivity contribution in [2.45, 2.75) is 44.3 Å². The van der Waals surface area contributed by atoms with Crippen LogP contribution in [0, 0.1) is 6.92 Å². The minimum atomic E-state index is -4.12. The molecule has 3 unspecified atom stereocenters. The van der Waals surface area contributed by atoms with Crippen LogP contribution >= 0.6 is 7.82 Å². The number of hydrogen-bond donors (Lipinski definition) is 2. The number of ether oxygens (including phenoxy) is 2. The van der Waals surface area contributed by atoms with Gasteiger partial charge in [-0.2, -0.15) is 9.55 Å². The van der Waals surface area contributed by atoms with Crippen molar-refractivity contribution in [1.82, 2.24) is 9.55 Å². The summed E-state index contributed by atoms with van der Waals surface area (Å²) < 4.78 is 33.6. The van der Waals surface area contributed by atoms with Gasteiger partial charge in [0.2, 0.25) is 0 Å². The summed E-state index contributed by atoms with van der Waals surface area (Å²) in [5, 5.41) is 0. The summed E-state index contributed by atoms with van der Waals surface area (Å²) in [6.07, 6.45) is -0.362.